The third kappa shape index (κ3) is 3.23. The highest BCUT2D eigenvalue weighted by atomic mass is 35.5. The average Bonchev–Trinajstić information content (AvgIpc) is 2.48. The minimum Gasteiger partial charge on any atom is -0.335 e. The van der Waals surface area contributed by atoms with Gasteiger partial charge >= 0.3 is 0 Å². The van der Waals surface area contributed by atoms with Crippen LogP contribution in [0.25, 0.3) is 0 Å². The molecule has 0 saturated heterocycles. The maximum atomic E-state index is 13.7. The molecule has 1 amide bonds. The Balaban J connectivity index is 2.32. The van der Waals surface area contributed by atoms with Gasteiger partial charge in [0, 0.05) is 17.1 Å². The van der Waals surface area contributed by atoms with Crippen molar-refractivity contribution in [3.05, 3.63) is 69.2 Å². The van der Waals surface area contributed by atoms with Crippen molar-refractivity contribution in [2.45, 2.75) is 13.0 Å². The van der Waals surface area contributed by atoms with Gasteiger partial charge in [-0.3, -0.25) is 4.79 Å². The van der Waals surface area contributed by atoms with Crippen LogP contribution < -0.4 is 0 Å². The third-order valence-corrected chi connectivity index (χ3v) is 4.06. The van der Waals surface area contributed by atoms with E-state index in [0.29, 0.717) is 15.6 Å². The van der Waals surface area contributed by atoms with E-state index in [2.05, 4.69) is 0 Å². The Labute approximate surface area is 137 Å². The lowest BCUT2D eigenvalue weighted by molar-refractivity contribution is 0.0737. The Bertz CT molecular complexity index is 721. The molecular formula is C16H13Cl2F2NO. The molecule has 2 nitrogen and oxygen atoms in total. The number of carbonyl (C=O) groups excluding carboxylic acids is 1. The Morgan fingerprint density at radius 2 is 1.86 bits per heavy atom. The second-order valence-electron chi connectivity index (χ2n) is 4.86. The quantitative estimate of drug-likeness (QED) is 0.758. The molecule has 0 aliphatic carbocycles. The first kappa shape index (κ1) is 16.7. The van der Waals surface area contributed by atoms with Crippen molar-refractivity contribution in [1.29, 1.82) is 0 Å². The van der Waals surface area contributed by atoms with E-state index in [9.17, 15) is 13.6 Å². The first-order valence-corrected chi connectivity index (χ1v) is 7.24. The lowest BCUT2D eigenvalue weighted by Gasteiger charge is -2.26. The van der Waals surface area contributed by atoms with Gasteiger partial charge in [0.1, 0.15) is 0 Å². The summed E-state index contributed by atoms with van der Waals surface area (Å²) in [5, 5.41) is 0.880. The first-order chi connectivity index (χ1) is 10.3. The SMILES string of the molecule is CC(c1ccc(Cl)cc1Cl)N(C)C(=O)c1cccc(F)c1F. The molecule has 2 rings (SSSR count). The van der Waals surface area contributed by atoms with Crippen LogP contribution in [0.15, 0.2) is 36.4 Å². The summed E-state index contributed by atoms with van der Waals surface area (Å²) < 4.78 is 27.0. The maximum absolute atomic E-state index is 13.7. The van der Waals surface area contributed by atoms with Gasteiger partial charge in [-0.05, 0) is 36.8 Å². The van der Waals surface area contributed by atoms with Gasteiger partial charge in [0.15, 0.2) is 11.6 Å². The Kier molecular flexibility index (Phi) is 5.04. The molecule has 2 aromatic rings. The van der Waals surface area contributed by atoms with Crippen LogP contribution in [-0.4, -0.2) is 17.9 Å². The van der Waals surface area contributed by atoms with E-state index >= 15 is 0 Å². The number of hydrogen-bond donors (Lipinski definition) is 0. The van der Waals surface area contributed by atoms with Gasteiger partial charge in [-0.2, -0.15) is 0 Å². The molecule has 22 heavy (non-hydrogen) atoms. The zero-order chi connectivity index (χ0) is 16.4. The molecule has 0 bridgehead atoms. The van der Waals surface area contributed by atoms with Crippen LogP contribution in [0, 0.1) is 11.6 Å². The van der Waals surface area contributed by atoms with Crippen molar-refractivity contribution in [3.8, 4) is 0 Å². The molecule has 1 unspecified atom stereocenters. The molecule has 1 atom stereocenters. The van der Waals surface area contributed by atoms with Crippen LogP contribution >= 0.6 is 23.2 Å². The van der Waals surface area contributed by atoms with Crippen molar-refractivity contribution < 1.29 is 13.6 Å². The summed E-state index contributed by atoms with van der Waals surface area (Å²) in [6.07, 6.45) is 0. The Hall–Kier alpha value is -1.65. The van der Waals surface area contributed by atoms with E-state index in [-0.39, 0.29) is 5.56 Å². The van der Waals surface area contributed by atoms with Crippen LogP contribution in [0.3, 0.4) is 0 Å². The minimum absolute atomic E-state index is 0.320. The van der Waals surface area contributed by atoms with Gasteiger partial charge < -0.3 is 4.90 Å². The number of halogens is 4. The van der Waals surface area contributed by atoms with Crippen LogP contribution in [0.4, 0.5) is 8.78 Å². The fourth-order valence-corrected chi connectivity index (χ4v) is 2.65. The molecule has 0 spiro atoms. The highest BCUT2D eigenvalue weighted by molar-refractivity contribution is 6.35. The number of rotatable bonds is 3. The Morgan fingerprint density at radius 3 is 2.50 bits per heavy atom. The van der Waals surface area contributed by atoms with Crippen molar-refractivity contribution in [1.82, 2.24) is 4.90 Å². The number of carbonyl (C=O) groups is 1. The molecule has 116 valence electrons. The molecule has 2 aromatic carbocycles. The molecule has 0 fully saturated rings. The fraction of sp³-hybridized carbons (Fsp3) is 0.188. The maximum Gasteiger partial charge on any atom is 0.257 e. The smallest absolute Gasteiger partial charge is 0.257 e. The third-order valence-electron chi connectivity index (χ3n) is 3.50. The zero-order valence-electron chi connectivity index (χ0n) is 11.9. The topological polar surface area (TPSA) is 20.3 Å². The summed E-state index contributed by atoms with van der Waals surface area (Å²) in [5.41, 5.74) is 0.346. The van der Waals surface area contributed by atoms with Gasteiger partial charge in [-0.1, -0.05) is 35.3 Å². The normalized spacial score (nSPS) is 12.1. The van der Waals surface area contributed by atoms with Crippen molar-refractivity contribution in [2.24, 2.45) is 0 Å². The molecule has 0 N–H and O–H groups in total. The zero-order valence-corrected chi connectivity index (χ0v) is 13.4. The number of amides is 1. The highest BCUT2D eigenvalue weighted by Crippen LogP contribution is 2.30. The van der Waals surface area contributed by atoms with Crippen LogP contribution in [0.5, 0.6) is 0 Å². The summed E-state index contributed by atoms with van der Waals surface area (Å²) in [6, 6.07) is 7.98. The molecule has 0 aromatic heterocycles. The van der Waals surface area contributed by atoms with Crippen LogP contribution in [0.1, 0.15) is 28.9 Å². The highest BCUT2D eigenvalue weighted by Gasteiger charge is 2.24. The van der Waals surface area contributed by atoms with Crippen LogP contribution in [0.2, 0.25) is 10.0 Å². The number of benzene rings is 2. The molecule has 0 heterocycles. The van der Waals surface area contributed by atoms with E-state index in [1.54, 1.807) is 25.1 Å². The first-order valence-electron chi connectivity index (χ1n) is 6.49. The van der Waals surface area contributed by atoms with Gasteiger partial charge in [-0.15, -0.1) is 0 Å². The summed E-state index contributed by atoms with van der Waals surface area (Å²) in [4.78, 5) is 13.7. The Morgan fingerprint density at radius 1 is 1.18 bits per heavy atom. The number of hydrogen-bond acceptors (Lipinski definition) is 1. The molecule has 6 heteroatoms. The van der Waals surface area contributed by atoms with E-state index in [1.165, 1.54) is 24.1 Å². The summed E-state index contributed by atoms with van der Waals surface area (Å²) in [5.74, 6) is -2.85. The predicted molar refractivity (Wildman–Crippen MR) is 83.3 cm³/mol. The van der Waals surface area contributed by atoms with Crippen molar-refractivity contribution >= 4 is 29.1 Å². The van der Waals surface area contributed by atoms with Crippen LogP contribution in [-0.2, 0) is 0 Å². The van der Waals surface area contributed by atoms with Gasteiger partial charge in [0.05, 0.1) is 11.6 Å². The summed E-state index contributed by atoms with van der Waals surface area (Å²) in [7, 11) is 1.50. The monoisotopic (exact) mass is 343 g/mol. The van der Waals surface area contributed by atoms with Crippen molar-refractivity contribution in [3.63, 3.8) is 0 Å². The fourth-order valence-electron chi connectivity index (χ4n) is 2.08. The molecular weight excluding hydrogens is 331 g/mol. The largest absolute Gasteiger partial charge is 0.335 e. The predicted octanol–water partition coefficient (Wildman–Crippen LogP) is 5.10. The summed E-state index contributed by atoms with van der Waals surface area (Å²) >= 11 is 12.0. The van der Waals surface area contributed by atoms with E-state index < -0.39 is 23.6 Å². The molecule has 0 aliphatic rings. The second-order valence-corrected chi connectivity index (χ2v) is 5.70. The average molecular weight is 344 g/mol. The molecule has 0 aliphatic heterocycles. The lowest BCUT2D eigenvalue weighted by Crippen LogP contribution is -2.30. The van der Waals surface area contributed by atoms with Gasteiger partial charge in [-0.25, -0.2) is 8.78 Å². The lowest BCUT2D eigenvalue weighted by atomic mass is 10.1. The summed E-state index contributed by atoms with van der Waals surface area (Å²) in [6.45, 7) is 1.74. The van der Waals surface area contributed by atoms with Gasteiger partial charge in [0.2, 0.25) is 0 Å². The van der Waals surface area contributed by atoms with E-state index in [1.807, 2.05) is 0 Å². The van der Waals surface area contributed by atoms with E-state index in [4.69, 9.17) is 23.2 Å². The van der Waals surface area contributed by atoms with Crippen molar-refractivity contribution in [2.75, 3.05) is 7.05 Å². The second kappa shape index (κ2) is 6.63. The molecule has 0 radical (unpaired) electrons. The number of nitrogens with zero attached hydrogens (tertiary/aromatic N) is 1. The standard InChI is InChI=1S/C16H13Cl2F2NO/c1-9(11-7-6-10(17)8-13(11)18)21(2)16(22)12-4-3-5-14(19)15(12)20/h3-9H,1-2H3. The molecule has 0 saturated carbocycles. The minimum atomic E-state index is -1.16. The van der Waals surface area contributed by atoms with Gasteiger partial charge in [0.25, 0.3) is 5.91 Å². The van der Waals surface area contributed by atoms with E-state index in [0.717, 1.165) is 6.07 Å².